The number of nitrogens with two attached hydrogens (primary N) is 1. The second-order valence-electron chi connectivity index (χ2n) is 6.79. The molecule has 1 amide bonds. The van der Waals surface area contributed by atoms with Gasteiger partial charge in [-0.05, 0) is 37.1 Å². The zero-order chi connectivity index (χ0) is 20.6. The maximum atomic E-state index is 12.3. The molecule has 1 aromatic carbocycles. The molecule has 1 fully saturated rings. The van der Waals surface area contributed by atoms with Crippen LogP contribution in [0.25, 0.3) is 22.3 Å². The summed E-state index contributed by atoms with van der Waals surface area (Å²) in [6.45, 7) is 0.625. The van der Waals surface area contributed by atoms with Gasteiger partial charge in [0, 0.05) is 24.7 Å². The van der Waals surface area contributed by atoms with Crippen LogP contribution in [0.3, 0.4) is 0 Å². The summed E-state index contributed by atoms with van der Waals surface area (Å²) in [5.41, 5.74) is 7.28. The molecular weight excluding hydrogens is 354 g/mol. The first-order valence-corrected chi connectivity index (χ1v) is 8.88. The first kappa shape index (κ1) is 16.7. The van der Waals surface area contributed by atoms with Gasteiger partial charge >= 0.3 is 0 Å². The molecule has 1 aliphatic heterocycles. The lowest BCUT2D eigenvalue weighted by molar-refractivity contribution is -0.148. The van der Waals surface area contributed by atoms with E-state index in [1.54, 1.807) is 19.2 Å². The van der Waals surface area contributed by atoms with Crippen LogP contribution in [0.2, 0.25) is 0 Å². The number of benzene rings is 1. The van der Waals surface area contributed by atoms with E-state index in [1.807, 2.05) is 24.3 Å². The van der Waals surface area contributed by atoms with Crippen LogP contribution in [0.1, 0.15) is 19.8 Å². The van der Waals surface area contributed by atoms with E-state index in [-0.39, 0.29) is 18.0 Å². The molecule has 0 aliphatic carbocycles. The Morgan fingerprint density at radius 2 is 2.18 bits per heavy atom. The number of piperidine rings is 1. The Kier molecular flexibility index (Phi) is 4.11. The van der Waals surface area contributed by atoms with E-state index < -0.39 is 5.60 Å². The Bertz CT molecular complexity index is 1190. The Hall–Kier alpha value is -3.50. The summed E-state index contributed by atoms with van der Waals surface area (Å²) in [7, 11) is 1.67. The molecule has 1 atom stereocenters. The van der Waals surface area contributed by atoms with Crippen molar-refractivity contribution < 1.29 is 11.3 Å². The number of hydrogen-bond donors (Lipinski definition) is 2. The number of carbonyl (C=O) groups is 1. The number of fused-ring (bicyclic) bond motifs is 1. The van der Waals surface area contributed by atoms with Gasteiger partial charge in [0.05, 0.1) is 11.2 Å². The number of amides is 1. The lowest BCUT2D eigenvalue weighted by Gasteiger charge is -2.32. The fourth-order valence-corrected chi connectivity index (χ4v) is 3.22. The highest BCUT2D eigenvalue weighted by Crippen LogP contribution is 2.24. The van der Waals surface area contributed by atoms with Crippen LogP contribution in [0.15, 0.2) is 42.7 Å². The topological polar surface area (TPSA) is 105 Å². The maximum absolute atomic E-state index is 12.3. The van der Waals surface area contributed by atoms with Crippen molar-refractivity contribution in [2.45, 2.75) is 18.4 Å². The van der Waals surface area contributed by atoms with Crippen molar-refractivity contribution in [2.75, 3.05) is 19.3 Å². The highest BCUT2D eigenvalue weighted by atomic mass is 16.3. The lowest BCUT2D eigenvalue weighted by Crippen LogP contribution is -2.51. The third-order valence-electron chi connectivity index (χ3n) is 4.76. The number of anilines is 1. The van der Waals surface area contributed by atoms with Crippen LogP contribution in [0.4, 0.5) is 5.82 Å². The predicted molar refractivity (Wildman–Crippen MR) is 106 cm³/mol. The smallest absolute Gasteiger partial charge is 0.267 e. The summed E-state index contributed by atoms with van der Waals surface area (Å²) in [6, 6.07) is 10.9. The third-order valence-corrected chi connectivity index (χ3v) is 4.76. The molecule has 2 aromatic heterocycles. The summed E-state index contributed by atoms with van der Waals surface area (Å²) in [6.07, 6.45) is 0.882. The van der Waals surface area contributed by atoms with E-state index in [0.29, 0.717) is 41.7 Å². The summed E-state index contributed by atoms with van der Waals surface area (Å²) in [5.74, 6) is 5.46. The first-order valence-electron chi connectivity index (χ1n) is 9.38. The SMILES string of the molecule is [2H]c1nc(N)c2nc(-c3cccc(C#CC4(O)CCCN(C)C4=O)c3)ccc2n1. The summed E-state index contributed by atoms with van der Waals surface area (Å²) >= 11 is 0. The van der Waals surface area contributed by atoms with E-state index in [9.17, 15) is 9.90 Å². The first-order chi connectivity index (χ1) is 13.9. The molecule has 1 saturated heterocycles. The third kappa shape index (κ3) is 3.26. The number of aliphatic hydroxyl groups is 1. The number of pyridine rings is 1. The van der Waals surface area contributed by atoms with E-state index >= 15 is 0 Å². The van der Waals surface area contributed by atoms with Crippen LogP contribution < -0.4 is 5.73 Å². The zero-order valence-corrected chi connectivity index (χ0v) is 15.3. The molecule has 3 heterocycles. The molecule has 7 nitrogen and oxygen atoms in total. The van der Waals surface area contributed by atoms with Gasteiger partial charge in [-0.1, -0.05) is 24.0 Å². The largest absolute Gasteiger partial charge is 0.382 e. The van der Waals surface area contributed by atoms with Gasteiger partial charge in [-0.15, -0.1) is 0 Å². The van der Waals surface area contributed by atoms with Gasteiger partial charge in [0.15, 0.2) is 5.82 Å². The second-order valence-corrected chi connectivity index (χ2v) is 6.79. The van der Waals surface area contributed by atoms with Gasteiger partial charge in [-0.2, -0.15) is 0 Å². The molecule has 28 heavy (non-hydrogen) atoms. The van der Waals surface area contributed by atoms with E-state index in [0.717, 1.165) is 5.56 Å². The van der Waals surface area contributed by atoms with Crippen LogP contribution in [-0.4, -0.2) is 50.1 Å². The average molecular weight is 374 g/mol. The molecule has 0 saturated carbocycles. The molecule has 0 bridgehead atoms. The Balaban J connectivity index is 1.68. The number of nitrogen functional groups attached to an aromatic ring is 1. The molecule has 7 heteroatoms. The summed E-state index contributed by atoms with van der Waals surface area (Å²) < 4.78 is 7.54. The normalized spacial score (nSPS) is 19.9. The molecule has 0 radical (unpaired) electrons. The fourth-order valence-electron chi connectivity index (χ4n) is 3.22. The second kappa shape index (κ2) is 6.91. The number of hydrogen-bond acceptors (Lipinski definition) is 6. The predicted octanol–water partition coefficient (Wildman–Crippen LogP) is 1.61. The fraction of sp³-hybridized carbons (Fsp3) is 0.238. The van der Waals surface area contributed by atoms with Gasteiger partial charge in [0.1, 0.15) is 13.2 Å². The van der Waals surface area contributed by atoms with Gasteiger partial charge < -0.3 is 15.7 Å². The van der Waals surface area contributed by atoms with Gasteiger partial charge in [0.2, 0.25) is 5.60 Å². The molecule has 0 spiro atoms. The highest BCUT2D eigenvalue weighted by molar-refractivity contribution is 5.89. The molecule has 3 N–H and O–H groups in total. The number of rotatable bonds is 1. The maximum Gasteiger partial charge on any atom is 0.267 e. The van der Waals surface area contributed by atoms with E-state index in [4.69, 9.17) is 7.10 Å². The molecule has 140 valence electrons. The highest BCUT2D eigenvalue weighted by Gasteiger charge is 2.39. The molecule has 3 aromatic rings. The number of likely N-dealkylation sites (N-methyl/N-ethyl adjacent to an activating group) is 1. The summed E-state index contributed by atoms with van der Waals surface area (Å²) in [4.78, 5) is 26.1. The van der Waals surface area contributed by atoms with Crippen molar-refractivity contribution in [1.82, 2.24) is 19.9 Å². The van der Waals surface area contributed by atoms with Gasteiger partial charge in [-0.3, -0.25) is 4.79 Å². The van der Waals surface area contributed by atoms with Crippen molar-refractivity contribution in [1.29, 1.82) is 0 Å². The quantitative estimate of drug-likeness (QED) is 0.627. The van der Waals surface area contributed by atoms with Crippen LogP contribution in [0.5, 0.6) is 0 Å². The van der Waals surface area contributed by atoms with Crippen molar-refractivity contribution in [2.24, 2.45) is 0 Å². The minimum atomic E-state index is -1.65. The van der Waals surface area contributed by atoms with Crippen molar-refractivity contribution in [3.63, 3.8) is 0 Å². The number of aromatic nitrogens is 3. The number of likely N-dealkylation sites (tertiary alicyclic amines) is 1. The number of nitrogens with zero attached hydrogens (tertiary/aromatic N) is 4. The van der Waals surface area contributed by atoms with Gasteiger partial charge in [0.25, 0.3) is 5.91 Å². The van der Waals surface area contributed by atoms with Crippen LogP contribution in [-0.2, 0) is 4.79 Å². The Morgan fingerprint density at radius 3 is 3.04 bits per heavy atom. The lowest BCUT2D eigenvalue weighted by atomic mass is 9.92. The summed E-state index contributed by atoms with van der Waals surface area (Å²) in [5, 5.41) is 10.6. The van der Waals surface area contributed by atoms with E-state index in [2.05, 4.69) is 26.8 Å². The van der Waals surface area contributed by atoms with Crippen LogP contribution >= 0.6 is 0 Å². The average Bonchev–Trinajstić information content (AvgIpc) is 2.70. The monoisotopic (exact) mass is 374 g/mol. The molecule has 4 rings (SSSR count). The Morgan fingerprint density at radius 1 is 1.32 bits per heavy atom. The van der Waals surface area contributed by atoms with Gasteiger partial charge in [-0.25, -0.2) is 15.0 Å². The number of carbonyl (C=O) groups excluding carboxylic acids is 1. The molecule has 1 unspecified atom stereocenters. The standard InChI is InChI=1S/C21H19N5O2/c1-26-11-3-9-21(28,20(26)27)10-8-14-4-2-5-15(12-14)16-6-7-17-18(25-16)19(22)24-13-23-17/h2,4-7,12-13,28H,3,9,11H2,1H3,(H2,22,23,24)/i13D. The molecular formula is C21H19N5O2. The van der Waals surface area contributed by atoms with Crippen molar-refractivity contribution >= 4 is 22.8 Å². The van der Waals surface area contributed by atoms with Crippen molar-refractivity contribution in [3.05, 3.63) is 48.3 Å². The minimum Gasteiger partial charge on any atom is -0.382 e. The minimum absolute atomic E-state index is 0.150. The van der Waals surface area contributed by atoms with E-state index in [1.165, 1.54) is 4.90 Å². The zero-order valence-electron chi connectivity index (χ0n) is 16.3. The van der Waals surface area contributed by atoms with Crippen LogP contribution in [0, 0.1) is 11.8 Å². The Labute approximate surface area is 163 Å². The van der Waals surface area contributed by atoms with Crippen molar-refractivity contribution in [3.8, 4) is 23.1 Å². The molecule has 1 aliphatic rings.